The smallest absolute Gasteiger partial charge is 0.257 e. The summed E-state index contributed by atoms with van der Waals surface area (Å²) in [5.74, 6) is 0.473. The fourth-order valence-electron chi connectivity index (χ4n) is 3.48. The van der Waals surface area contributed by atoms with Crippen LogP contribution in [0.4, 0.5) is 5.13 Å². The molecule has 0 saturated heterocycles. The number of thiazole rings is 1. The minimum absolute atomic E-state index is 0.106. The predicted molar refractivity (Wildman–Crippen MR) is 134 cm³/mol. The second-order valence-corrected chi connectivity index (χ2v) is 11.5. The van der Waals surface area contributed by atoms with Gasteiger partial charge in [-0.05, 0) is 30.3 Å². The van der Waals surface area contributed by atoms with Gasteiger partial charge in [0.05, 0.1) is 23.8 Å². The Hall–Kier alpha value is -2.28. The molecule has 0 radical (unpaired) electrons. The van der Waals surface area contributed by atoms with Crippen molar-refractivity contribution in [2.75, 3.05) is 45.8 Å². The van der Waals surface area contributed by atoms with Crippen molar-refractivity contribution in [3.8, 4) is 11.3 Å². The molecule has 34 heavy (non-hydrogen) atoms. The van der Waals surface area contributed by atoms with Gasteiger partial charge in [0.2, 0.25) is 10.0 Å². The van der Waals surface area contributed by atoms with Crippen LogP contribution >= 0.6 is 23.1 Å². The first-order valence-corrected chi connectivity index (χ1v) is 13.8. The molecule has 1 amide bonds. The van der Waals surface area contributed by atoms with E-state index in [1.54, 1.807) is 11.8 Å². The largest absolute Gasteiger partial charge is 0.383 e. The third-order valence-corrected chi connectivity index (χ3v) is 9.43. The number of carbonyl (C=O) groups excluding carboxylic acids is 1. The summed E-state index contributed by atoms with van der Waals surface area (Å²) in [4.78, 5) is 19.9. The molecule has 1 aliphatic heterocycles. The van der Waals surface area contributed by atoms with E-state index in [2.05, 4.69) is 16.4 Å². The minimum atomic E-state index is -3.75. The van der Waals surface area contributed by atoms with Gasteiger partial charge in [-0.1, -0.05) is 18.2 Å². The van der Waals surface area contributed by atoms with E-state index >= 15 is 0 Å². The zero-order chi connectivity index (χ0) is 24.1. The third kappa shape index (κ3) is 5.35. The van der Waals surface area contributed by atoms with Gasteiger partial charge in [-0.15, -0.1) is 23.1 Å². The zero-order valence-electron chi connectivity index (χ0n) is 18.8. The summed E-state index contributed by atoms with van der Waals surface area (Å²) in [6.07, 6.45) is 0. The van der Waals surface area contributed by atoms with Crippen molar-refractivity contribution in [2.24, 2.45) is 0 Å². The summed E-state index contributed by atoms with van der Waals surface area (Å²) >= 11 is 3.22. The van der Waals surface area contributed by atoms with Gasteiger partial charge in [0.25, 0.3) is 5.91 Å². The van der Waals surface area contributed by atoms with E-state index in [1.807, 2.05) is 18.2 Å². The average Bonchev–Trinajstić information content (AvgIpc) is 3.27. The number of ether oxygens (including phenoxy) is 2. The van der Waals surface area contributed by atoms with Crippen LogP contribution < -0.4 is 5.32 Å². The number of benzene rings is 2. The van der Waals surface area contributed by atoms with Crippen molar-refractivity contribution in [2.45, 2.75) is 15.5 Å². The first-order valence-electron chi connectivity index (χ1n) is 10.6. The Labute approximate surface area is 207 Å². The molecule has 180 valence electrons. The number of carbonyl (C=O) groups is 1. The minimum Gasteiger partial charge on any atom is -0.383 e. The van der Waals surface area contributed by atoms with Crippen LogP contribution in [0.5, 0.6) is 0 Å². The van der Waals surface area contributed by atoms with Crippen LogP contribution in [0.2, 0.25) is 0 Å². The molecule has 0 saturated carbocycles. The molecule has 0 aliphatic carbocycles. The maximum Gasteiger partial charge on any atom is 0.257 e. The van der Waals surface area contributed by atoms with Crippen molar-refractivity contribution >= 4 is 44.2 Å². The van der Waals surface area contributed by atoms with Crippen molar-refractivity contribution in [1.82, 2.24) is 9.29 Å². The summed E-state index contributed by atoms with van der Waals surface area (Å²) < 4.78 is 37.4. The summed E-state index contributed by atoms with van der Waals surface area (Å²) in [6, 6.07) is 14.0. The van der Waals surface area contributed by atoms with Crippen LogP contribution in [0, 0.1) is 0 Å². The van der Waals surface area contributed by atoms with Gasteiger partial charge in [-0.3, -0.25) is 10.1 Å². The highest BCUT2D eigenvalue weighted by Crippen LogP contribution is 2.44. The summed E-state index contributed by atoms with van der Waals surface area (Å²) in [5, 5.41) is 3.37. The Balaban J connectivity index is 1.48. The molecule has 1 aliphatic rings. The molecule has 0 atom stereocenters. The maximum atomic E-state index is 13.0. The fourth-order valence-corrected chi connectivity index (χ4v) is 6.99. The molecule has 3 aromatic rings. The second-order valence-electron chi connectivity index (χ2n) is 7.44. The molecule has 8 nitrogen and oxygen atoms in total. The van der Waals surface area contributed by atoms with Crippen molar-refractivity contribution in [3.05, 3.63) is 59.0 Å². The van der Waals surface area contributed by atoms with E-state index in [4.69, 9.17) is 9.47 Å². The number of methoxy groups -OCH3 is 2. The van der Waals surface area contributed by atoms with Gasteiger partial charge in [-0.2, -0.15) is 4.31 Å². The van der Waals surface area contributed by atoms with E-state index in [-0.39, 0.29) is 37.1 Å². The lowest BCUT2D eigenvalue weighted by atomic mass is 10.1. The number of aromatic nitrogens is 1. The van der Waals surface area contributed by atoms with Crippen LogP contribution in [-0.4, -0.2) is 64.1 Å². The van der Waals surface area contributed by atoms with Gasteiger partial charge in [0.15, 0.2) is 5.13 Å². The number of hydrogen-bond acceptors (Lipinski definition) is 8. The quantitative estimate of drug-likeness (QED) is 0.433. The van der Waals surface area contributed by atoms with Crippen molar-refractivity contribution in [1.29, 1.82) is 0 Å². The molecule has 0 bridgehead atoms. The van der Waals surface area contributed by atoms with E-state index < -0.39 is 10.0 Å². The number of rotatable bonds is 10. The van der Waals surface area contributed by atoms with Gasteiger partial charge in [0, 0.05) is 54.0 Å². The topological polar surface area (TPSA) is 97.8 Å². The Kier molecular flexibility index (Phi) is 8.02. The maximum absolute atomic E-state index is 13.0. The number of sulfonamides is 1. The number of thioether (sulfide) groups is 1. The van der Waals surface area contributed by atoms with Crippen LogP contribution in [0.15, 0.2) is 58.3 Å². The Bertz CT molecular complexity index is 1250. The van der Waals surface area contributed by atoms with Gasteiger partial charge in [0.1, 0.15) is 0 Å². The van der Waals surface area contributed by atoms with Crippen LogP contribution in [-0.2, 0) is 25.2 Å². The fraction of sp³-hybridized carbons (Fsp3) is 0.304. The molecule has 2 aromatic carbocycles. The first kappa shape index (κ1) is 24.8. The number of amides is 1. The van der Waals surface area contributed by atoms with E-state index in [0.29, 0.717) is 10.7 Å². The number of fused-ring (bicyclic) bond motifs is 3. The Morgan fingerprint density at radius 3 is 2.41 bits per heavy atom. The molecule has 1 N–H and O–H groups in total. The standard InChI is InChI=1S/C23H25N3O5S3/c1-30-13-11-26(12-14-31-2)34(28,29)17-9-7-16(8-10-17)22(27)25-23-24-21-18-5-3-4-6-19(18)32-15-20(21)33-23/h3-10H,11-15H2,1-2H3,(H,24,25,27). The molecule has 1 aromatic heterocycles. The Morgan fingerprint density at radius 1 is 1.06 bits per heavy atom. The number of hydrogen-bond donors (Lipinski definition) is 1. The van der Waals surface area contributed by atoms with Gasteiger partial charge in [-0.25, -0.2) is 13.4 Å². The summed E-state index contributed by atoms with van der Waals surface area (Å²) in [6.45, 7) is 0.954. The van der Waals surface area contributed by atoms with E-state index in [9.17, 15) is 13.2 Å². The van der Waals surface area contributed by atoms with E-state index in [1.165, 1.54) is 59.0 Å². The van der Waals surface area contributed by atoms with Gasteiger partial charge >= 0.3 is 0 Å². The molecule has 2 heterocycles. The van der Waals surface area contributed by atoms with E-state index in [0.717, 1.165) is 21.9 Å². The lowest BCUT2D eigenvalue weighted by Gasteiger charge is -2.21. The first-order chi connectivity index (χ1) is 16.4. The third-order valence-electron chi connectivity index (χ3n) is 5.26. The molecule has 0 spiro atoms. The molecule has 0 unspecified atom stereocenters. The highest BCUT2D eigenvalue weighted by Gasteiger charge is 2.25. The lowest BCUT2D eigenvalue weighted by molar-refractivity contribution is 0.102. The van der Waals surface area contributed by atoms with Crippen molar-refractivity contribution < 1.29 is 22.7 Å². The highest BCUT2D eigenvalue weighted by atomic mass is 32.2. The lowest BCUT2D eigenvalue weighted by Crippen LogP contribution is -2.36. The number of nitrogens with one attached hydrogen (secondary N) is 1. The predicted octanol–water partition coefficient (Wildman–Crippen LogP) is 3.95. The summed E-state index contributed by atoms with van der Waals surface area (Å²) in [7, 11) is -0.711. The Morgan fingerprint density at radius 2 is 1.74 bits per heavy atom. The highest BCUT2D eigenvalue weighted by molar-refractivity contribution is 7.98. The monoisotopic (exact) mass is 519 g/mol. The number of anilines is 1. The average molecular weight is 520 g/mol. The van der Waals surface area contributed by atoms with Crippen molar-refractivity contribution in [3.63, 3.8) is 0 Å². The van der Waals surface area contributed by atoms with Gasteiger partial charge < -0.3 is 9.47 Å². The summed E-state index contributed by atoms with van der Waals surface area (Å²) in [5.41, 5.74) is 2.33. The molecular formula is C23H25N3O5S3. The zero-order valence-corrected chi connectivity index (χ0v) is 21.3. The molecular weight excluding hydrogens is 494 g/mol. The van der Waals surface area contributed by atoms with Crippen LogP contribution in [0.1, 0.15) is 15.2 Å². The molecule has 11 heteroatoms. The SMILES string of the molecule is COCCN(CCOC)S(=O)(=O)c1ccc(C(=O)Nc2nc3c(s2)CSc2ccccc2-3)cc1. The molecule has 0 fully saturated rings. The molecule has 4 rings (SSSR count). The van der Waals surface area contributed by atoms with Crippen LogP contribution in [0.25, 0.3) is 11.3 Å². The van der Waals surface area contributed by atoms with Crippen LogP contribution in [0.3, 0.4) is 0 Å². The normalized spacial score (nSPS) is 12.9. The number of nitrogens with zero attached hydrogens (tertiary/aromatic N) is 2. The second kappa shape index (κ2) is 11.0.